The maximum Gasteiger partial charge on any atom is 0.202 e. The number of piperidine rings is 1. The van der Waals surface area contributed by atoms with Crippen LogP contribution in [0.25, 0.3) is 0 Å². The summed E-state index contributed by atoms with van der Waals surface area (Å²) >= 11 is 0. The summed E-state index contributed by atoms with van der Waals surface area (Å²) in [5, 5.41) is 45.7. The van der Waals surface area contributed by atoms with Crippen molar-refractivity contribution in [3.63, 3.8) is 0 Å². The van der Waals surface area contributed by atoms with Crippen molar-refractivity contribution in [3.05, 3.63) is 51.6 Å². The zero-order valence-electron chi connectivity index (χ0n) is 26.4. The van der Waals surface area contributed by atoms with Gasteiger partial charge in [0.25, 0.3) is 0 Å². The number of carbonyl (C=O) groups excluding carboxylic acids is 3. The Morgan fingerprint density at radius 3 is 2.41 bits per heavy atom. The first-order valence-electron chi connectivity index (χ1n) is 15.7. The van der Waals surface area contributed by atoms with Gasteiger partial charge in [0.15, 0.2) is 17.9 Å². The number of ketones is 3. The summed E-state index contributed by atoms with van der Waals surface area (Å²) in [4.78, 5) is 47.3. The van der Waals surface area contributed by atoms with Crippen LogP contribution in [0.5, 0.6) is 17.2 Å². The highest BCUT2D eigenvalue weighted by atomic mass is 16.7. The third-order valence-electron chi connectivity index (χ3n) is 9.89. The molecule has 6 atom stereocenters. The highest BCUT2D eigenvalue weighted by molar-refractivity contribution is 6.31. The number of aliphatic hydroxyl groups excluding tert-OH is 1. The fourth-order valence-corrected chi connectivity index (χ4v) is 7.27. The molecule has 5 unspecified atom stereocenters. The second-order valence-corrected chi connectivity index (χ2v) is 12.8. The molecule has 0 bridgehead atoms. The molecule has 0 spiro atoms. The lowest BCUT2D eigenvalue weighted by atomic mass is 9.72. The Morgan fingerprint density at radius 1 is 1.04 bits per heavy atom. The average Bonchev–Trinajstić information content (AvgIpc) is 3.03. The number of carbonyl (C=O) groups is 3. The molecule has 2 aliphatic carbocycles. The molecular weight excluding hydrogens is 596 g/mol. The van der Waals surface area contributed by atoms with Crippen LogP contribution >= 0.6 is 0 Å². The maximum atomic E-state index is 13.9. The van der Waals surface area contributed by atoms with Gasteiger partial charge in [-0.2, -0.15) is 0 Å². The zero-order valence-corrected chi connectivity index (χ0v) is 26.4. The number of phenols is 2. The Labute approximate surface area is 266 Å². The van der Waals surface area contributed by atoms with E-state index in [1.807, 2.05) is 6.92 Å². The smallest absolute Gasteiger partial charge is 0.202 e. The van der Waals surface area contributed by atoms with E-state index < -0.39 is 82.6 Å². The third-order valence-corrected chi connectivity index (χ3v) is 9.89. The van der Waals surface area contributed by atoms with Gasteiger partial charge in [-0.15, -0.1) is 0 Å². The standard InChI is InChI=1S/C34H40N2O10/c1-16-29(38)21(35-18(3)36-11-6-5-7-12-36)13-24(45-16)46-23-15-34(43,17(2)37)14-20-26(23)33(42)28-27(31(20)40)30(39)19-9-8-10-22(44-4)25(19)32(28)41/h8-10,16,21,23-24,29,38,40,42-43H,5-7,11-15H2,1-4H3/t16?,21?,23-,24?,29?,34?/m0/s1. The number of fused-ring (bicyclic) bond motifs is 3. The molecule has 0 aromatic heterocycles. The highest BCUT2D eigenvalue weighted by Gasteiger charge is 2.49. The van der Waals surface area contributed by atoms with Gasteiger partial charge in [-0.3, -0.25) is 19.4 Å². The number of phenolic OH excluding ortho intramolecular Hbond substituents is 2. The van der Waals surface area contributed by atoms with Crippen LogP contribution in [-0.4, -0.2) is 98.9 Å². The van der Waals surface area contributed by atoms with Crippen molar-refractivity contribution in [2.75, 3.05) is 20.2 Å². The van der Waals surface area contributed by atoms with Crippen molar-refractivity contribution in [2.45, 2.75) is 95.5 Å². The van der Waals surface area contributed by atoms with Crippen LogP contribution in [-0.2, 0) is 20.7 Å². The van der Waals surface area contributed by atoms with E-state index in [-0.39, 0.29) is 40.8 Å². The van der Waals surface area contributed by atoms with Gasteiger partial charge in [0.1, 0.15) is 29.0 Å². The fraction of sp³-hybridized carbons (Fsp3) is 0.529. The second kappa shape index (κ2) is 12.1. The molecular formula is C34H40N2O10. The summed E-state index contributed by atoms with van der Waals surface area (Å²) in [6, 6.07) is 3.90. The molecule has 0 radical (unpaired) electrons. The van der Waals surface area contributed by atoms with E-state index in [0.29, 0.717) is 0 Å². The van der Waals surface area contributed by atoms with Crippen molar-refractivity contribution in [2.24, 2.45) is 4.99 Å². The summed E-state index contributed by atoms with van der Waals surface area (Å²) in [5.74, 6) is -2.31. The predicted molar refractivity (Wildman–Crippen MR) is 165 cm³/mol. The van der Waals surface area contributed by atoms with E-state index in [4.69, 9.17) is 19.2 Å². The van der Waals surface area contributed by atoms with Crippen molar-refractivity contribution in [3.8, 4) is 17.2 Å². The van der Waals surface area contributed by atoms with Crippen molar-refractivity contribution >= 4 is 23.2 Å². The lowest BCUT2D eigenvalue weighted by Gasteiger charge is -2.42. The number of aliphatic hydroxyl groups is 2. The minimum absolute atomic E-state index is 0.00784. The Kier molecular flexibility index (Phi) is 8.43. The van der Waals surface area contributed by atoms with E-state index in [9.17, 15) is 34.8 Å². The quantitative estimate of drug-likeness (QED) is 0.184. The summed E-state index contributed by atoms with van der Waals surface area (Å²) in [5.41, 5.74) is -2.98. The molecule has 2 aromatic rings. The Morgan fingerprint density at radius 2 is 1.74 bits per heavy atom. The molecule has 246 valence electrons. The van der Waals surface area contributed by atoms with Crippen LogP contribution in [0.4, 0.5) is 0 Å². The van der Waals surface area contributed by atoms with E-state index in [2.05, 4.69) is 4.90 Å². The summed E-state index contributed by atoms with van der Waals surface area (Å²) < 4.78 is 17.7. The number of ether oxygens (including phenoxy) is 3. The summed E-state index contributed by atoms with van der Waals surface area (Å²) in [6.07, 6.45) is -1.16. The molecule has 2 fully saturated rings. The number of hydrogen-bond acceptors (Lipinski definition) is 11. The number of hydrogen-bond donors (Lipinski definition) is 4. The first-order chi connectivity index (χ1) is 21.9. The topological polar surface area (TPSA) is 175 Å². The third kappa shape index (κ3) is 5.26. The van der Waals surface area contributed by atoms with Gasteiger partial charge in [0.05, 0.1) is 47.9 Å². The Balaban J connectivity index is 1.40. The Hall–Kier alpha value is -3.84. The number of Topliss-reactive ketones (excluding diaryl/α,β-unsaturated/α-hetero) is 1. The van der Waals surface area contributed by atoms with E-state index in [0.717, 1.165) is 38.2 Å². The molecule has 46 heavy (non-hydrogen) atoms. The second-order valence-electron chi connectivity index (χ2n) is 12.8. The van der Waals surface area contributed by atoms with Crippen molar-refractivity contribution in [1.29, 1.82) is 0 Å². The van der Waals surface area contributed by atoms with Crippen LogP contribution in [0.2, 0.25) is 0 Å². The largest absolute Gasteiger partial charge is 0.507 e. The minimum atomic E-state index is -2.01. The molecule has 4 aliphatic rings. The van der Waals surface area contributed by atoms with Gasteiger partial charge in [0, 0.05) is 49.0 Å². The molecule has 0 amide bonds. The summed E-state index contributed by atoms with van der Waals surface area (Å²) in [7, 11) is 1.35. The van der Waals surface area contributed by atoms with Gasteiger partial charge < -0.3 is 39.5 Å². The molecule has 0 saturated carbocycles. The highest BCUT2D eigenvalue weighted by Crippen LogP contribution is 2.52. The van der Waals surface area contributed by atoms with E-state index in [1.165, 1.54) is 32.2 Å². The van der Waals surface area contributed by atoms with Crippen molar-refractivity contribution in [1.82, 2.24) is 4.90 Å². The van der Waals surface area contributed by atoms with E-state index >= 15 is 0 Å². The number of benzene rings is 2. The number of rotatable bonds is 5. The average molecular weight is 637 g/mol. The monoisotopic (exact) mass is 636 g/mol. The van der Waals surface area contributed by atoms with Crippen LogP contribution in [0.1, 0.15) is 102 Å². The van der Waals surface area contributed by atoms with Gasteiger partial charge in [-0.05, 0) is 46.1 Å². The number of methoxy groups -OCH3 is 1. The normalized spacial score (nSPS) is 29.6. The number of aromatic hydroxyl groups is 2. The molecule has 12 nitrogen and oxygen atoms in total. The molecule has 2 aliphatic heterocycles. The van der Waals surface area contributed by atoms with E-state index in [1.54, 1.807) is 6.92 Å². The Bertz CT molecular complexity index is 1630. The molecule has 2 saturated heterocycles. The summed E-state index contributed by atoms with van der Waals surface area (Å²) in [6.45, 7) is 6.58. The van der Waals surface area contributed by atoms with Crippen LogP contribution in [0, 0.1) is 0 Å². The maximum absolute atomic E-state index is 13.9. The van der Waals surface area contributed by atoms with Gasteiger partial charge >= 0.3 is 0 Å². The van der Waals surface area contributed by atoms with Gasteiger partial charge in [0.2, 0.25) is 5.78 Å². The zero-order chi connectivity index (χ0) is 33.1. The molecule has 2 aromatic carbocycles. The minimum Gasteiger partial charge on any atom is -0.507 e. The molecule has 12 heteroatoms. The van der Waals surface area contributed by atoms with Crippen molar-refractivity contribution < 1.29 is 49.0 Å². The first kappa shape index (κ1) is 32.1. The van der Waals surface area contributed by atoms with Crippen LogP contribution < -0.4 is 4.74 Å². The molecule has 2 heterocycles. The van der Waals surface area contributed by atoms with Gasteiger partial charge in [-0.25, -0.2) is 0 Å². The molecule has 4 N–H and O–H groups in total. The fourth-order valence-electron chi connectivity index (χ4n) is 7.27. The number of nitrogens with zero attached hydrogens (tertiary/aromatic N) is 2. The molecule has 6 rings (SSSR count). The number of likely N-dealkylation sites (tertiary alicyclic amines) is 1. The first-order valence-corrected chi connectivity index (χ1v) is 15.7. The van der Waals surface area contributed by atoms with Crippen LogP contribution in [0.15, 0.2) is 23.2 Å². The lowest BCUT2D eigenvalue weighted by molar-refractivity contribution is -0.247. The number of aliphatic imine (C=N–C) groups is 1. The van der Waals surface area contributed by atoms with Crippen LogP contribution in [0.3, 0.4) is 0 Å². The van der Waals surface area contributed by atoms with Gasteiger partial charge in [-0.1, -0.05) is 12.1 Å². The predicted octanol–water partition coefficient (Wildman–Crippen LogP) is 2.97. The number of amidine groups is 1. The SMILES string of the molecule is COc1cccc2c1C(=O)c1c(O)c3c(c(O)c1C2=O)CC(O)(C(C)=O)C[C@@H]3OC1CC(N=C(C)N2CCCCC2)C(O)C(C)O1. The lowest BCUT2D eigenvalue weighted by Crippen LogP contribution is -2.49.